The van der Waals surface area contributed by atoms with Crippen LogP contribution in [0, 0.1) is 5.82 Å². The summed E-state index contributed by atoms with van der Waals surface area (Å²) in [5, 5.41) is 5.25. The molecule has 2 N–H and O–H groups in total. The third kappa shape index (κ3) is 4.48. The molecule has 1 unspecified atom stereocenters. The Labute approximate surface area is 138 Å². The number of rotatable bonds is 6. The first kappa shape index (κ1) is 17.3. The predicted molar refractivity (Wildman–Crippen MR) is 87.5 cm³/mol. The highest BCUT2D eigenvalue weighted by atomic mass is 32.2. The highest BCUT2D eigenvalue weighted by Gasteiger charge is 2.32. The Bertz CT molecular complexity index is 616. The molecular formula is C16H19FN2O3S. The van der Waals surface area contributed by atoms with Crippen LogP contribution in [0.1, 0.15) is 25.5 Å². The summed E-state index contributed by atoms with van der Waals surface area (Å²) in [6.45, 7) is 3.98. The molecule has 2 amide bonds. The first-order valence-corrected chi connectivity index (χ1v) is 8.47. The third-order valence-electron chi connectivity index (χ3n) is 3.36. The molecule has 5 nitrogen and oxygen atoms in total. The fraction of sp³-hybridized carbons (Fsp3) is 0.375. The number of halogens is 1. The van der Waals surface area contributed by atoms with Gasteiger partial charge < -0.3 is 15.4 Å². The number of carbonyl (C=O) groups is 2. The molecule has 1 atom stereocenters. The summed E-state index contributed by atoms with van der Waals surface area (Å²) in [5.41, 5.74) is 1.39. The zero-order valence-corrected chi connectivity index (χ0v) is 13.8. The minimum absolute atomic E-state index is 0.304. The van der Waals surface area contributed by atoms with Crippen molar-refractivity contribution in [3.8, 4) is 0 Å². The SMILES string of the molecule is CCSCCOC(=O)C1=C(C)NC(=O)NC1c1ccc(F)cc1. The average Bonchev–Trinajstić information content (AvgIpc) is 2.51. The van der Waals surface area contributed by atoms with Crippen molar-refractivity contribution in [3.05, 3.63) is 46.9 Å². The Kier molecular flexibility index (Phi) is 6.04. The fourth-order valence-corrected chi connectivity index (χ4v) is 2.77. The lowest BCUT2D eigenvalue weighted by atomic mass is 9.95. The van der Waals surface area contributed by atoms with E-state index in [1.807, 2.05) is 6.92 Å². The van der Waals surface area contributed by atoms with Crippen molar-refractivity contribution in [2.75, 3.05) is 18.1 Å². The number of hydrogen-bond acceptors (Lipinski definition) is 4. The maximum atomic E-state index is 13.1. The zero-order chi connectivity index (χ0) is 16.8. The molecule has 7 heteroatoms. The van der Waals surface area contributed by atoms with Crippen LogP contribution in [0.2, 0.25) is 0 Å². The van der Waals surface area contributed by atoms with Crippen molar-refractivity contribution in [1.82, 2.24) is 10.6 Å². The van der Waals surface area contributed by atoms with Crippen molar-refractivity contribution < 1.29 is 18.7 Å². The quantitative estimate of drug-likeness (QED) is 0.618. The number of ether oxygens (including phenoxy) is 1. The molecule has 1 aliphatic rings. The van der Waals surface area contributed by atoms with Gasteiger partial charge in [0.25, 0.3) is 0 Å². The van der Waals surface area contributed by atoms with E-state index in [4.69, 9.17) is 4.74 Å². The maximum absolute atomic E-state index is 13.1. The average molecular weight is 338 g/mol. The summed E-state index contributed by atoms with van der Waals surface area (Å²) in [6.07, 6.45) is 0. The Morgan fingerprint density at radius 2 is 2.04 bits per heavy atom. The molecule has 0 radical (unpaired) electrons. The fourth-order valence-electron chi connectivity index (χ4n) is 2.29. The Morgan fingerprint density at radius 3 is 2.70 bits per heavy atom. The Hall–Kier alpha value is -2.02. The number of benzene rings is 1. The van der Waals surface area contributed by atoms with Gasteiger partial charge in [-0.1, -0.05) is 19.1 Å². The molecule has 0 bridgehead atoms. The number of amides is 2. The molecule has 1 aliphatic heterocycles. The topological polar surface area (TPSA) is 67.4 Å². The first-order valence-electron chi connectivity index (χ1n) is 7.31. The lowest BCUT2D eigenvalue weighted by Crippen LogP contribution is -2.45. The van der Waals surface area contributed by atoms with E-state index < -0.39 is 18.0 Å². The summed E-state index contributed by atoms with van der Waals surface area (Å²) in [4.78, 5) is 24.1. The van der Waals surface area contributed by atoms with Crippen LogP contribution in [0.25, 0.3) is 0 Å². The normalized spacial score (nSPS) is 17.5. The number of carbonyl (C=O) groups excluding carboxylic acids is 2. The van der Waals surface area contributed by atoms with Crippen molar-refractivity contribution >= 4 is 23.8 Å². The van der Waals surface area contributed by atoms with Crippen LogP contribution in [0.4, 0.5) is 9.18 Å². The molecule has 1 heterocycles. The monoisotopic (exact) mass is 338 g/mol. The smallest absolute Gasteiger partial charge is 0.338 e. The second-order valence-electron chi connectivity index (χ2n) is 4.95. The number of nitrogens with one attached hydrogen (secondary N) is 2. The van der Waals surface area contributed by atoms with E-state index in [9.17, 15) is 14.0 Å². The lowest BCUT2D eigenvalue weighted by Gasteiger charge is -2.28. The van der Waals surface area contributed by atoms with E-state index in [-0.39, 0.29) is 5.82 Å². The summed E-state index contributed by atoms with van der Waals surface area (Å²) in [6, 6.07) is 4.60. The second kappa shape index (κ2) is 8.01. The molecule has 1 aromatic carbocycles. The van der Waals surface area contributed by atoms with Crippen molar-refractivity contribution in [3.63, 3.8) is 0 Å². The Morgan fingerprint density at radius 1 is 1.35 bits per heavy atom. The van der Waals surface area contributed by atoms with Gasteiger partial charge in [0.05, 0.1) is 11.6 Å². The van der Waals surface area contributed by atoms with E-state index in [2.05, 4.69) is 10.6 Å². The molecule has 0 aliphatic carbocycles. The molecule has 0 spiro atoms. The zero-order valence-electron chi connectivity index (χ0n) is 13.0. The number of hydrogen-bond donors (Lipinski definition) is 2. The van der Waals surface area contributed by atoms with Gasteiger partial charge in [0.2, 0.25) is 0 Å². The molecule has 2 rings (SSSR count). The second-order valence-corrected chi connectivity index (χ2v) is 6.35. The number of allylic oxidation sites excluding steroid dienone is 1. The van der Waals surface area contributed by atoms with Gasteiger partial charge in [0.1, 0.15) is 12.4 Å². The van der Waals surface area contributed by atoms with Gasteiger partial charge in [-0.2, -0.15) is 11.8 Å². The Balaban J connectivity index is 2.20. The largest absolute Gasteiger partial charge is 0.461 e. The number of thioether (sulfide) groups is 1. The van der Waals surface area contributed by atoms with Crippen molar-refractivity contribution in [2.45, 2.75) is 19.9 Å². The van der Waals surface area contributed by atoms with Crippen LogP contribution >= 0.6 is 11.8 Å². The molecule has 124 valence electrons. The predicted octanol–water partition coefficient (Wildman–Crippen LogP) is 2.75. The highest BCUT2D eigenvalue weighted by Crippen LogP contribution is 2.27. The van der Waals surface area contributed by atoms with Crippen LogP contribution in [0.5, 0.6) is 0 Å². The standard InChI is InChI=1S/C16H19FN2O3S/c1-3-23-9-8-22-15(20)13-10(2)18-16(21)19-14(13)11-4-6-12(17)7-5-11/h4-7,14H,3,8-9H2,1-2H3,(H2,18,19,21). The van der Waals surface area contributed by atoms with Gasteiger partial charge in [0.15, 0.2) is 0 Å². The van der Waals surface area contributed by atoms with Crippen LogP contribution in [0.15, 0.2) is 35.5 Å². The van der Waals surface area contributed by atoms with Gasteiger partial charge in [0, 0.05) is 11.4 Å². The summed E-state index contributed by atoms with van der Waals surface area (Å²) in [5.74, 6) is 0.807. The molecule has 0 saturated heterocycles. The minimum atomic E-state index is -0.657. The molecule has 0 saturated carbocycles. The van der Waals surface area contributed by atoms with Gasteiger partial charge in [-0.25, -0.2) is 14.0 Å². The van der Waals surface area contributed by atoms with Gasteiger partial charge in [-0.15, -0.1) is 0 Å². The van der Waals surface area contributed by atoms with E-state index in [0.717, 1.165) is 11.5 Å². The number of esters is 1. The lowest BCUT2D eigenvalue weighted by molar-refractivity contribution is -0.138. The van der Waals surface area contributed by atoms with E-state index in [1.165, 1.54) is 12.1 Å². The molecule has 23 heavy (non-hydrogen) atoms. The summed E-state index contributed by atoms with van der Waals surface area (Å²) in [7, 11) is 0. The van der Waals surface area contributed by atoms with E-state index in [0.29, 0.717) is 23.4 Å². The van der Waals surface area contributed by atoms with Gasteiger partial charge in [-0.3, -0.25) is 0 Å². The maximum Gasteiger partial charge on any atom is 0.338 e. The van der Waals surface area contributed by atoms with Gasteiger partial charge in [-0.05, 0) is 30.4 Å². The van der Waals surface area contributed by atoms with E-state index in [1.54, 1.807) is 30.8 Å². The number of urea groups is 1. The van der Waals surface area contributed by atoms with Gasteiger partial charge >= 0.3 is 12.0 Å². The molecule has 1 aromatic rings. The molecular weight excluding hydrogens is 319 g/mol. The highest BCUT2D eigenvalue weighted by molar-refractivity contribution is 7.99. The van der Waals surface area contributed by atoms with Crippen LogP contribution < -0.4 is 10.6 Å². The van der Waals surface area contributed by atoms with Crippen LogP contribution in [0.3, 0.4) is 0 Å². The van der Waals surface area contributed by atoms with Crippen LogP contribution in [-0.4, -0.2) is 30.1 Å². The van der Waals surface area contributed by atoms with E-state index >= 15 is 0 Å². The van der Waals surface area contributed by atoms with Crippen molar-refractivity contribution in [1.29, 1.82) is 0 Å². The summed E-state index contributed by atoms with van der Waals surface area (Å²) < 4.78 is 18.4. The van der Waals surface area contributed by atoms with Crippen molar-refractivity contribution in [2.24, 2.45) is 0 Å². The van der Waals surface area contributed by atoms with Crippen LogP contribution in [-0.2, 0) is 9.53 Å². The molecule has 0 fully saturated rings. The summed E-state index contributed by atoms with van der Waals surface area (Å²) >= 11 is 1.68. The molecule has 0 aromatic heterocycles. The first-order chi connectivity index (χ1) is 11.0. The third-order valence-corrected chi connectivity index (χ3v) is 4.22. The minimum Gasteiger partial charge on any atom is -0.461 e.